The molecular formula is C13H24N2O2. The molecule has 2 aliphatic rings. The Labute approximate surface area is 104 Å². The number of rotatable bonds is 5. The Morgan fingerprint density at radius 3 is 2.88 bits per heavy atom. The van der Waals surface area contributed by atoms with E-state index >= 15 is 0 Å². The van der Waals surface area contributed by atoms with Crippen molar-refractivity contribution in [1.29, 1.82) is 0 Å². The highest BCUT2D eigenvalue weighted by Crippen LogP contribution is 2.11. The molecular weight excluding hydrogens is 216 g/mol. The molecule has 2 heterocycles. The molecule has 0 atom stereocenters. The highest BCUT2D eigenvalue weighted by Gasteiger charge is 2.17. The average molecular weight is 240 g/mol. The van der Waals surface area contributed by atoms with Gasteiger partial charge >= 0.3 is 0 Å². The second kappa shape index (κ2) is 6.97. The Morgan fingerprint density at radius 1 is 1.29 bits per heavy atom. The number of hydrogen-bond acceptors (Lipinski definition) is 3. The van der Waals surface area contributed by atoms with Gasteiger partial charge in [0.2, 0.25) is 5.91 Å². The van der Waals surface area contributed by atoms with Crippen LogP contribution in [0.25, 0.3) is 0 Å². The summed E-state index contributed by atoms with van der Waals surface area (Å²) in [7, 11) is 0. The lowest BCUT2D eigenvalue weighted by Crippen LogP contribution is -2.37. The molecule has 1 amide bonds. The highest BCUT2D eigenvalue weighted by atomic mass is 16.5. The Morgan fingerprint density at radius 2 is 2.12 bits per heavy atom. The third kappa shape index (κ3) is 4.28. The second-order valence-corrected chi connectivity index (χ2v) is 5.01. The molecule has 0 bridgehead atoms. The van der Waals surface area contributed by atoms with E-state index in [1.54, 1.807) is 0 Å². The lowest BCUT2D eigenvalue weighted by Gasteiger charge is -2.27. The van der Waals surface area contributed by atoms with Crippen molar-refractivity contribution >= 4 is 5.91 Å². The highest BCUT2D eigenvalue weighted by molar-refractivity contribution is 5.76. The molecule has 0 saturated carbocycles. The first-order valence-corrected chi connectivity index (χ1v) is 6.96. The normalized spacial score (nSPS) is 23.1. The maximum Gasteiger partial charge on any atom is 0.222 e. The van der Waals surface area contributed by atoms with Gasteiger partial charge in [-0.2, -0.15) is 0 Å². The number of nitrogens with one attached hydrogen (secondary N) is 1. The number of nitrogens with zero attached hydrogens (tertiary/aromatic N) is 1. The Balaban J connectivity index is 1.54. The van der Waals surface area contributed by atoms with Crippen molar-refractivity contribution in [3.05, 3.63) is 0 Å². The monoisotopic (exact) mass is 240 g/mol. The summed E-state index contributed by atoms with van der Waals surface area (Å²) in [5, 5.41) is 3.33. The first-order chi connectivity index (χ1) is 8.36. The van der Waals surface area contributed by atoms with E-state index in [-0.39, 0.29) is 0 Å². The smallest absolute Gasteiger partial charge is 0.222 e. The van der Waals surface area contributed by atoms with Gasteiger partial charge in [-0.05, 0) is 45.2 Å². The molecule has 0 aliphatic carbocycles. The summed E-state index contributed by atoms with van der Waals surface area (Å²) < 4.78 is 5.83. The van der Waals surface area contributed by atoms with Crippen LogP contribution in [0.5, 0.6) is 0 Å². The van der Waals surface area contributed by atoms with Crippen LogP contribution in [-0.4, -0.2) is 49.7 Å². The molecule has 2 fully saturated rings. The van der Waals surface area contributed by atoms with Crippen LogP contribution in [0.15, 0.2) is 0 Å². The van der Waals surface area contributed by atoms with Crippen molar-refractivity contribution in [3.8, 4) is 0 Å². The van der Waals surface area contributed by atoms with Crippen molar-refractivity contribution in [2.45, 2.75) is 44.6 Å². The standard InChI is InChI=1S/C13H24N2O2/c16-13-4-1-2-9-15(13)10-3-11-17-12-5-7-14-8-6-12/h12,14H,1-11H2. The number of carbonyl (C=O) groups excluding carboxylic acids is 1. The zero-order valence-electron chi connectivity index (χ0n) is 10.6. The summed E-state index contributed by atoms with van der Waals surface area (Å²) in [5.74, 6) is 0.332. The van der Waals surface area contributed by atoms with E-state index in [1.807, 2.05) is 4.90 Å². The minimum atomic E-state index is 0.332. The Bertz CT molecular complexity index is 240. The fraction of sp³-hybridized carbons (Fsp3) is 0.923. The number of ether oxygens (including phenoxy) is 1. The maximum atomic E-state index is 11.6. The van der Waals surface area contributed by atoms with E-state index in [0.29, 0.717) is 12.0 Å². The number of amides is 1. The number of piperidine rings is 2. The van der Waals surface area contributed by atoms with Crippen LogP contribution in [-0.2, 0) is 9.53 Å². The van der Waals surface area contributed by atoms with E-state index in [1.165, 1.54) is 6.42 Å². The second-order valence-electron chi connectivity index (χ2n) is 5.01. The number of hydrogen-bond donors (Lipinski definition) is 1. The molecule has 4 heteroatoms. The summed E-state index contributed by atoms with van der Waals surface area (Å²) in [5.41, 5.74) is 0. The molecule has 17 heavy (non-hydrogen) atoms. The third-order valence-electron chi connectivity index (χ3n) is 3.63. The lowest BCUT2D eigenvalue weighted by molar-refractivity contribution is -0.133. The molecule has 0 unspecified atom stereocenters. The summed E-state index contributed by atoms with van der Waals surface area (Å²) in [4.78, 5) is 13.6. The predicted octanol–water partition coefficient (Wildman–Crippen LogP) is 1.16. The fourth-order valence-corrected chi connectivity index (χ4v) is 2.57. The van der Waals surface area contributed by atoms with Gasteiger partial charge in [0, 0.05) is 26.1 Å². The SMILES string of the molecule is O=C1CCCCN1CCCOC1CCNCC1. The van der Waals surface area contributed by atoms with E-state index in [9.17, 15) is 4.79 Å². The van der Waals surface area contributed by atoms with Gasteiger partial charge < -0.3 is 15.0 Å². The Kier molecular flexibility index (Phi) is 5.26. The van der Waals surface area contributed by atoms with Gasteiger partial charge in [-0.15, -0.1) is 0 Å². The van der Waals surface area contributed by atoms with Crippen molar-refractivity contribution in [3.63, 3.8) is 0 Å². The van der Waals surface area contributed by atoms with Crippen LogP contribution in [0.4, 0.5) is 0 Å². The van der Waals surface area contributed by atoms with Crippen molar-refractivity contribution in [1.82, 2.24) is 10.2 Å². The summed E-state index contributed by atoms with van der Waals surface area (Å²) >= 11 is 0. The topological polar surface area (TPSA) is 41.6 Å². The fourth-order valence-electron chi connectivity index (χ4n) is 2.57. The van der Waals surface area contributed by atoms with Crippen LogP contribution < -0.4 is 5.32 Å². The summed E-state index contributed by atoms with van der Waals surface area (Å²) in [6.45, 7) is 4.79. The molecule has 2 rings (SSSR count). The van der Waals surface area contributed by atoms with Crippen molar-refractivity contribution in [2.24, 2.45) is 0 Å². The van der Waals surface area contributed by atoms with Crippen LogP contribution in [0.1, 0.15) is 38.5 Å². The van der Waals surface area contributed by atoms with E-state index in [4.69, 9.17) is 4.74 Å². The molecule has 4 nitrogen and oxygen atoms in total. The van der Waals surface area contributed by atoms with Crippen molar-refractivity contribution in [2.75, 3.05) is 32.8 Å². The first-order valence-electron chi connectivity index (χ1n) is 6.96. The van der Waals surface area contributed by atoms with Gasteiger partial charge in [0.1, 0.15) is 0 Å². The van der Waals surface area contributed by atoms with Gasteiger partial charge in [-0.3, -0.25) is 4.79 Å². The molecule has 0 aromatic rings. The van der Waals surface area contributed by atoms with Crippen LogP contribution in [0.2, 0.25) is 0 Å². The molecule has 0 spiro atoms. The van der Waals surface area contributed by atoms with Gasteiger partial charge in [0.25, 0.3) is 0 Å². The summed E-state index contributed by atoms with van der Waals surface area (Å²) in [6, 6.07) is 0. The van der Waals surface area contributed by atoms with Crippen LogP contribution >= 0.6 is 0 Å². The zero-order chi connectivity index (χ0) is 11.9. The predicted molar refractivity (Wildman–Crippen MR) is 66.9 cm³/mol. The average Bonchev–Trinajstić information content (AvgIpc) is 2.38. The molecule has 98 valence electrons. The largest absolute Gasteiger partial charge is 0.378 e. The van der Waals surface area contributed by atoms with E-state index in [2.05, 4.69) is 5.32 Å². The van der Waals surface area contributed by atoms with E-state index < -0.39 is 0 Å². The van der Waals surface area contributed by atoms with Gasteiger partial charge in [0.05, 0.1) is 6.10 Å². The minimum absolute atomic E-state index is 0.332. The first kappa shape index (κ1) is 12.8. The molecule has 2 aliphatic heterocycles. The molecule has 1 N–H and O–H groups in total. The molecule has 0 aromatic carbocycles. The van der Waals surface area contributed by atoms with Gasteiger partial charge in [0.15, 0.2) is 0 Å². The number of likely N-dealkylation sites (tertiary alicyclic amines) is 1. The van der Waals surface area contributed by atoms with Crippen LogP contribution in [0, 0.1) is 0 Å². The van der Waals surface area contributed by atoms with Crippen LogP contribution in [0.3, 0.4) is 0 Å². The lowest BCUT2D eigenvalue weighted by atomic mass is 10.1. The molecule has 0 aromatic heterocycles. The molecule has 2 saturated heterocycles. The summed E-state index contributed by atoms with van der Waals surface area (Å²) in [6.07, 6.45) is 6.66. The molecule has 0 radical (unpaired) electrons. The van der Waals surface area contributed by atoms with E-state index in [0.717, 1.165) is 64.9 Å². The van der Waals surface area contributed by atoms with Crippen molar-refractivity contribution < 1.29 is 9.53 Å². The minimum Gasteiger partial charge on any atom is -0.378 e. The maximum absolute atomic E-state index is 11.6. The number of carbonyl (C=O) groups is 1. The van der Waals surface area contributed by atoms with Gasteiger partial charge in [-0.25, -0.2) is 0 Å². The van der Waals surface area contributed by atoms with Gasteiger partial charge in [-0.1, -0.05) is 0 Å². The Hall–Kier alpha value is -0.610. The third-order valence-corrected chi connectivity index (χ3v) is 3.63. The zero-order valence-corrected chi connectivity index (χ0v) is 10.6. The quantitative estimate of drug-likeness (QED) is 0.733.